The van der Waals surface area contributed by atoms with E-state index in [9.17, 15) is 14.4 Å². The number of esters is 1. The highest BCUT2D eigenvalue weighted by Gasteiger charge is 2.15. The molecule has 0 saturated heterocycles. The minimum absolute atomic E-state index is 0.0251. The molecule has 27 heavy (non-hydrogen) atoms. The van der Waals surface area contributed by atoms with Crippen LogP contribution in [0.3, 0.4) is 0 Å². The molecule has 7 heteroatoms. The molecule has 0 aliphatic carbocycles. The van der Waals surface area contributed by atoms with Crippen molar-refractivity contribution < 1.29 is 19.1 Å². The van der Waals surface area contributed by atoms with Crippen LogP contribution in [0.1, 0.15) is 53.9 Å². The summed E-state index contributed by atoms with van der Waals surface area (Å²) in [5.41, 5.74) is 3.37. The molecule has 0 aliphatic rings. The van der Waals surface area contributed by atoms with Crippen LogP contribution in [-0.2, 0) is 20.9 Å². The maximum Gasteiger partial charge on any atom is 0.306 e. The van der Waals surface area contributed by atoms with Crippen LogP contribution < -0.4 is 4.90 Å². The quantitative estimate of drug-likeness (QED) is 0.507. The second kappa shape index (κ2) is 9.41. The number of aryl methyl sites for hydroxylation is 2. The predicted molar refractivity (Wildman–Crippen MR) is 105 cm³/mol. The van der Waals surface area contributed by atoms with Gasteiger partial charge in [-0.15, -0.1) is 11.3 Å². The number of ketones is 1. The summed E-state index contributed by atoms with van der Waals surface area (Å²) in [6.07, 6.45) is 0.134. The van der Waals surface area contributed by atoms with Gasteiger partial charge in [-0.25, -0.2) is 4.98 Å². The van der Waals surface area contributed by atoms with E-state index in [-0.39, 0.29) is 31.1 Å². The van der Waals surface area contributed by atoms with Gasteiger partial charge in [0.25, 0.3) is 0 Å². The van der Waals surface area contributed by atoms with Gasteiger partial charge in [-0.1, -0.05) is 12.1 Å². The first kappa shape index (κ1) is 20.8. The van der Waals surface area contributed by atoms with Crippen molar-refractivity contribution in [1.82, 2.24) is 4.98 Å². The Labute approximate surface area is 163 Å². The van der Waals surface area contributed by atoms with Crippen LogP contribution in [-0.4, -0.2) is 29.2 Å². The van der Waals surface area contributed by atoms with Crippen molar-refractivity contribution >= 4 is 34.1 Å². The van der Waals surface area contributed by atoms with Gasteiger partial charge in [-0.2, -0.15) is 0 Å². The smallest absolute Gasteiger partial charge is 0.306 e. The van der Waals surface area contributed by atoms with E-state index in [1.165, 1.54) is 18.3 Å². The second-order valence-electron chi connectivity index (χ2n) is 6.27. The number of ether oxygens (including phenoxy) is 1. The molecule has 0 aliphatic heterocycles. The number of rotatable bonds is 8. The first-order chi connectivity index (χ1) is 12.8. The summed E-state index contributed by atoms with van der Waals surface area (Å²) in [5.74, 6) is -0.605. The van der Waals surface area contributed by atoms with E-state index >= 15 is 0 Å². The van der Waals surface area contributed by atoms with E-state index in [2.05, 4.69) is 4.98 Å². The summed E-state index contributed by atoms with van der Waals surface area (Å²) >= 11 is 1.33. The zero-order valence-electron chi connectivity index (χ0n) is 16.1. The number of benzene rings is 1. The second-order valence-corrected chi connectivity index (χ2v) is 7.10. The van der Waals surface area contributed by atoms with Crippen LogP contribution in [0.2, 0.25) is 0 Å². The van der Waals surface area contributed by atoms with Crippen molar-refractivity contribution in [3.8, 4) is 0 Å². The number of hydrogen-bond donors (Lipinski definition) is 0. The van der Waals surface area contributed by atoms with Gasteiger partial charge in [0.15, 0.2) is 10.9 Å². The van der Waals surface area contributed by atoms with Gasteiger partial charge in [-0.3, -0.25) is 19.3 Å². The molecule has 0 spiro atoms. The number of carbonyl (C=O) groups is 3. The Morgan fingerprint density at radius 2 is 1.89 bits per heavy atom. The van der Waals surface area contributed by atoms with Crippen molar-refractivity contribution in [2.75, 3.05) is 11.4 Å². The molecule has 0 N–H and O–H groups in total. The Balaban J connectivity index is 1.82. The molecule has 1 aromatic heterocycles. The zero-order chi connectivity index (χ0) is 20.0. The van der Waals surface area contributed by atoms with Gasteiger partial charge >= 0.3 is 5.97 Å². The summed E-state index contributed by atoms with van der Waals surface area (Å²) in [6.45, 7) is 7.85. The number of anilines is 1. The Morgan fingerprint density at radius 3 is 2.52 bits per heavy atom. The highest BCUT2D eigenvalue weighted by Crippen LogP contribution is 2.21. The van der Waals surface area contributed by atoms with Crippen molar-refractivity contribution in [3.63, 3.8) is 0 Å². The molecule has 1 amide bonds. The average molecular weight is 388 g/mol. The van der Waals surface area contributed by atoms with Crippen molar-refractivity contribution in [3.05, 3.63) is 46.0 Å². The maximum atomic E-state index is 12.2. The molecule has 0 bridgehead atoms. The van der Waals surface area contributed by atoms with Gasteiger partial charge in [0, 0.05) is 30.8 Å². The molecule has 0 fully saturated rings. The van der Waals surface area contributed by atoms with Crippen LogP contribution >= 0.6 is 11.3 Å². The van der Waals surface area contributed by atoms with E-state index in [4.69, 9.17) is 4.74 Å². The number of hydrogen-bond acceptors (Lipinski definition) is 6. The van der Waals surface area contributed by atoms with Crippen LogP contribution in [0.15, 0.2) is 23.6 Å². The third-order valence-electron chi connectivity index (χ3n) is 4.23. The average Bonchev–Trinajstić information content (AvgIpc) is 3.09. The molecule has 0 saturated carbocycles. The largest absolute Gasteiger partial charge is 0.459 e. The van der Waals surface area contributed by atoms with Crippen molar-refractivity contribution in [2.24, 2.45) is 0 Å². The number of Topliss-reactive ketones (excluding diaryl/α,β-unsaturated/α-hetero) is 1. The lowest BCUT2D eigenvalue weighted by Crippen LogP contribution is -2.27. The highest BCUT2D eigenvalue weighted by molar-refractivity contribution is 7.14. The third-order valence-corrected chi connectivity index (χ3v) is 5.15. The first-order valence-corrected chi connectivity index (χ1v) is 9.68. The normalized spacial score (nSPS) is 10.5. The molecule has 2 aromatic rings. The summed E-state index contributed by atoms with van der Waals surface area (Å²) in [7, 11) is 0. The lowest BCUT2D eigenvalue weighted by Gasteiger charge is -2.14. The number of thiazole rings is 1. The molecule has 0 atom stereocenters. The summed E-state index contributed by atoms with van der Waals surface area (Å²) < 4.78 is 5.19. The zero-order valence-corrected chi connectivity index (χ0v) is 16.9. The van der Waals surface area contributed by atoms with E-state index < -0.39 is 5.97 Å². The summed E-state index contributed by atoms with van der Waals surface area (Å²) in [6, 6.07) is 5.52. The molecular formula is C20H24N2O4S. The van der Waals surface area contributed by atoms with Gasteiger partial charge in [0.1, 0.15) is 6.61 Å². The Kier molecular flexibility index (Phi) is 7.24. The Bertz CT molecular complexity index is 844. The minimum atomic E-state index is -0.444. The summed E-state index contributed by atoms with van der Waals surface area (Å²) in [5, 5.41) is 2.34. The Hall–Kier alpha value is -2.54. The fourth-order valence-electron chi connectivity index (χ4n) is 2.48. The lowest BCUT2D eigenvalue weighted by atomic mass is 10.0. The molecule has 0 radical (unpaired) electrons. The predicted octanol–water partition coefficient (Wildman–Crippen LogP) is 3.84. The molecular weight excluding hydrogens is 364 g/mol. The monoisotopic (exact) mass is 388 g/mol. The first-order valence-electron chi connectivity index (χ1n) is 8.80. The van der Waals surface area contributed by atoms with Crippen LogP contribution in [0.4, 0.5) is 5.13 Å². The van der Waals surface area contributed by atoms with Gasteiger partial charge < -0.3 is 4.74 Å². The molecule has 144 valence electrons. The van der Waals surface area contributed by atoms with Crippen LogP contribution in [0.5, 0.6) is 0 Å². The van der Waals surface area contributed by atoms with Crippen LogP contribution in [0.25, 0.3) is 0 Å². The van der Waals surface area contributed by atoms with Gasteiger partial charge in [0.2, 0.25) is 5.91 Å². The third kappa shape index (κ3) is 5.72. The van der Waals surface area contributed by atoms with Crippen LogP contribution in [0, 0.1) is 13.8 Å². The van der Waals surface area contributed by atoms with Crippen molar-refractivity contribution in [1.29, 1.82) is 0 Å². The molecule has 0 unspecified atom stereocenters. The Morgan fingerprint density at radius 1 is 1.15 bits per heavy atom. The highest BCUT2D eigenvalue weighted by atomic mass is 32.1. The molecule has 2 rings (SSSR count). The molecule has 1 heterocycles. The molecule has 6 nitrogen and oxygen atoms in total. The van der Waals surface area contributed by atoms with E-state index in [0.29, 0.717) is 22.9 Å². The number of aromatic nitrogens is 1. The minimum Gasteiger partial charge on any atom is -0.459 e. The standard InChI is InChI=1S/C20H24N2O4S/c1-5-22(15(4)23)20-21-17(12-27-20)11-26-19(25)9-8-18(24)16-7-6-13(2)14(3)10-16/h6-7,10,12H,5,8-9,11H2,1-4H3. The number of amides is 1. The van der Waals surface area contributed by atoms with E-state index in [1.54, 1.807) is 16.3 Å². The number of nitrogens with zero attached hydrogens (tertiary/aromatic N) is 2. The fourth-order valence-corrected chi connectivity index (χ4v) is 3.40. The summed E-state index contributed by atoms with van der Waals surface area (Å²) in [4.78, 5) is 41.5. The van der Waals surface area contributed by atoms with E-state index in [1.807, 2.05) is 32.9 Å². The maximum absolute atomic E-state index is 12.2. The van der Waals surface area contributed by atoms with E-state index in [0.717, 1.165) is 11.1 Å². The van der Waals surface area contributed by atoms with Crippen molar-refractivity contribution in [2.45, 2.75) is 47.1 Å². The number of carbonyl (C=O) groups excluding carboxylic acids is 3. The topological polar surface area (TPSA) is 76.6 Å². The van der Waals surface area contributed by atoms with Gasteiger partial charge in [0.05, 0.1) is 12.1 Å². The van der Waals surface area contributed by atoms with Gasteiger partial charge in [-0.05, 0) is 38.0 Å². The molecule has 1 aromatic carbocycles. The fraction of sp³-hybridized carbons (Fsp3) is 0.400. The SMILES string of the molecule is CCN(C(C)=O)c1nc(COC(=O)CCC(=O)c2ccc(C)c(C)c2)cs1. The lowest BCUT2D eigenvalue weighted by molar-refractivity contribution is -0.145.